The Labute approximate surface area is 79.9 Å². The van der Waals surface area contributed by atoms with Gasteiger partial charge in [-0.1, -0.05) is 0 Å². The van der Waals surface area contributed by atoms with E-state index in [0.29, 0.717) is 11.4 Å². The summed E-state index contributed by atoms with van der Waals surface area (Å²) in [5, 5.41) is 0. The molecule has 0 aliphatic heterocycles. The molecule has 0 unspecified atom stereocenters. The van der Waals surface area contributed by atoms with Crippen LogP contribution in [0.2, 0.25) is 0 Å². The molecule has 2 aromatic rings. The van der Waals surface area contributed by atoms with Gasteiger partial charge >= 0.3 is 0 Å². The molecular weight excluding hydrogens is 184 g/mol. The van der Waals surface area contributed by atoms with E-state index < -0.39 is 0 Å². The molecule has 5 heteroatoms. The van der Waals surface area contributed by atoms with E-state index in [9.17, 15) is 0 Å². The molecule has 68 valence electrons. The number of hydrogen-bond acceptors (Lipinski definition) is 5. The zero-order valence-electron chi connectivity index (χ0n) is 7.46. The number of hydrogen-bond donors (Lipinski definition) is 2. The lowest BCUT2D eigenvalue weighted by Crippen LogP contribution is -1.99. The molecule has 2 rings (SSSR count). The topological polar surface area (TPSA) is 77.8 Å². The van der Waals surface area contributed by atoms with Crippen molar-refractivity contribution in [1.29, 1.82) is 0 Å². The molecule has 0 saturated heterocycles. The van der Waals surface area contributed by atoms with Crippen LogP contribution in [0.5, 0.6) is 0 Å². The smallest absolute Gasteiger partial charge is 0.130 e. The second-order valence-corrected chi connectivity index (χ2v) is 3.57. The van der Waals surface area contributed by atoms with Gasteiger partial charge in [0.25, 0.3) is 0 Å². The Balaban J connectivity index is 3.02. The average Bonchev–Trinajstić information content (AvgIpc) is 2.59. The molecular formula is C8H10N4S. The number of aromatic nitrogens is 2. The minimum atomic E-state index is 0.690. The van der Waals surface area contributed by atoms with Crippen molar-refractivity contribution in [3.8, 4) is 0 Å². The lowest BCUT2D eigenvalue weighted by atomic mass is 10.0. The van der Waals surface area contributed by atoms with Gasteiger partial charge in [-0.2, -0.15) is 8.75 Å². The normalized spacial score (nSPS) is 10.9. The Hall–Kier alpha value is -1.36. The fourth-order valence-electron chi connectivity index (χ4n) is 1.30. The van der Waals surface area contributed by atoms with Crippen molar-refractivity contribution in [3.63, 3.8) is 0 Å². The van der Waals surface area contributed by atoms with Crippen LogP contribution in [0.15, 0.2) is 0 Å². The molecule has 0 bridgehead atoms. The fourth-order valence-corrected chi connectivity index (χ4v) is 1.87. The summed E-state index contributed by atoms with van der Waals surface area (Å²) in [4.78, 5) is 0. The molecule has 1 heterocycles. The second-order valence-electron chi connectivity index (χ2n) is 3.04. The first-order valence-corrected chi connectivity index (χ1v) is 4.62. The Morgan fingerprint density at radius 1 is 0.923 bits per heavy atom. The number of benzene rings is 1. The Bertz CT molecular complexity index is 432. The monoisotopic (exact) mass is 194 g/mol. The highest BCUT2D eigenvalue weighted by Crippen LogP contribution is 2.31. The summed E-state index contributed by atoms with van der Waals surface area (Å²) in [6.07, 6.45) is 0. The molecule has 0 fully saturated rings. The number of fused-ring (bicyclic) bond motifs is 1. The summed E-state index contributed by atoms with van der Waals surface area (Å²) < 4.78 is 8.21. The summed E-state index contributed by atoms with van der Waals surface area (Å²) in [5.74, 6) is 0. The van der Waals surface area contributed by atoms with Crippen LogP contribution in [0.25, 0.3) is 11.0 Å². The molecule has 4 nitrogen and oxygen atoms in total. The first-order valence-electron chi connectivity index (χ1n) is 3.89. The van der Waals surface area contributed by atoms with Gasteiger partial charge in [0.15, 0.2) is 0 Å². The highest BCUT2D eigenvalue weighted by atomic mass is 32.1. The Morgan fingerprint density at radius 3 is 1.69 bits per heavy atom. The van der Waals surface area contributed by atoms with Crippen molar-refractivity contribution < 1.29 is 0 Å². The molecule has 0 atom stereocenters. The number of rotatable bonds is 0. The quantitative estimate of drug-likeness (QED) is 0.622. The van der Waals surface area contributed by atoms with E-state index in [2.05, 4.69) is 8.75 Å². The molecule has 1 aromatic heterocycles. The molecule has 0 saturated carbocycles. The molecule has 4 N–H and O–H groups in total. The highest BCUT2D eigenvalue weighted by Gasteiger charge is 2.12. The Morgan fingerprint density at radius 2 is 1.31 bits per heavy atom. The maximum Gasteiger partial charge on any atom is 0.130 e. The van der Waals surface area contributed by atoms with Crippen LogP contribution in [0, 0.1) is 13.8 Å². The minimum Gasteiger partial charge on any atom is -0.397 e. The van der Waals surface area contributed by atoms with Gasteiger partial charge < -0.3 is 11.5 Å². The van der Waals surface area contributed by atoms with Gasteiger partial charge in [-0.3, -0.25) is 0 Å². The van der Waals surface area contributed by atoms with E-state index in [-0.39, 0.29) is 0 Å². The first-order chi connectivity index (χ1) is 6.13. The summed E-state index contributed by atoms with van der Waals surface area (Å²) >= 11 is 1.14. The number of nitrogens with zero attached hydrogens (tertiary/aromatic N) is 2. The molecule has 0 radical (unpaired) electrons. The van der Waals surface area contributed by atoms with E-state index in [0.717, 1.165) is 33.9 Å². The fraction of sp³-hybridized carbons (Fsp3) is 0.250. The summed E-state index contributed by atoms with van der Waals surface area (Å²) in [5.41, 5.74) is 16.6. The van der Waals surface area contributed by atoms with Crippen LogP contribution >= 0.6 is 11.7 Å². The maximum atomic E-state index is 5.88. The molecule has 0 aliphatic rings. The van der Waals surface area contributed by atoms with Crippen molar-refractivity contribution in [2.24, 2.45) is 0 Å². The van der Waals surface area contributed by atoms with Crippen molar-refractivity contribution in [2.75, 3.05) is 11.5 Å². The van der Waals surface area contributed by atoms with Gasteiger partial charge in [-0.05, 0) is 25.0 Å². The Kier molecular flexibility index (Phi) is 1.63. The molecule has 0 spiro atoms. The van der Waals surface area contributed by atoms with E-state index in [1.807, 2.05) is 13.8 Å². The zero-order chi connectivity index (χ0) is 9.59. The first kappa shape index (κ1) is 8.25. The average molecular weight is 194 g/mol. The van der Waals surface area contributed by atoms with E-state index in [4.69, 9.17) is 11.5 Å². The molecule has 13 heavy (non-hydrogen) atoms. The van der Waals surface area contributed by atoms with Crippen molar-refractivity contribution in [1.82, 2.24) is 8.75 Å². The van der Waals surface area contributed by atoms with Gasteiger partial charge in [-0.15, -0.1) is 0 Å². The van der Waals surface area contributed by atoms with Crippen LogP contribution in [-0.2, 0) is 0 Å². The van der Waals surface area contributed by atoms with E-state index in [1.165, 1.54) is 0 Å². The van der Waals surface area contributed by atoms with Gasteiger partial charge in [0.2, 0.25) is 0 Å². The van der Waals surface area contributed by atoms with Gasteiger partial charge in [0.1, 0.15) is 11.0 Å². The minimum absolute atomic E-state index is 0.690. The van der Waals surface area contributed by atoms with Crippen LogP contribution in [0.1, 0.15) is 11.1 Å². The van der Waals surface area contributed by atoms with Crippen molar-refractivity contribution in [3.05, 3.63) is 11.1 Å². The van der Waals surface area contributed by atoms with Crippen LogP contribution < -0.4 is 11.5 Å². The third-order valence-corrected chi connectivity index (χ3v) is 2.90. The maximum absolute atomic E-state index is 5.88. The van der Waals surface area contributed by atoms with E-state index >= 15 is 0 Å². The largest absolute Gasteiger partial charge is 0.397 e. The molecule has 1 aromatic carbocycles. The lowest BCUT2D eigenvalue weighted by Gasteiger charge is -2.07. The van der Waals surface area contributed by atoms with Crippen LogP contribution in [0.3, 0.4) is 0 Å². The molecule has 0 amide bonds. The van der Waals surface area contributed by atoms with Gasteiger partial charge in [0, 0.05) is 0 Å². The van der Waals surface area contributed by atoms with Crippen LogP contribution in [0.4, 0.5) is 11.4 Å². The summed E-state index contributed by atoms with van der Waals surface area (Å²) in [6.45, 7) is 3.89. The number of nitrogens with two attached hydrogens (primary N) is 2. The van der Waals surface area contributed by atoms with Gasteiger partial charge in [0.05, 0.1) is 23.1 Å². The third kappa shape index (κ3) is 0.968. The van der Waals surface area contributed by atoms with Crippen LogP contribution in [-0.4, -0.2) is 8.75 Å². The lowest BCUT2D eigenvalue weighted by molar-refractivity contribution is 1.36. The third-order valence-electron chi connectivity index (χ3n) is 2.37. The van der Waals surface area contributed by atoms with Gasteiger partial charge in [-0.25, -0.2) is 0 Å². The molecule has 0 aliphatic carbocycles. The predicted octanol–water partition coefficient (Wildman–Crippen LogP) is 1.47. The standard InChI is InChI=1S/C8H10N4S/c1-3-4(2)6(10)8-7(5(3)9)11-13-12-8/h9-10H2,1-2H3. The van der Waals surface area contributed by atoms with Crippen molar-refractivity contribution in [2.45, 2.75) is 13.8 Å². The number of anilines is 2. The number of nitrogen functional groups attached to an aromatic ring is 2. The predicted molar refractivity (Wildman–Crippen MR) is 55.7 cm³/mol. The van der Waals surface area contributed by atoms with Crippen molar-refractivity contribution >= 4 is 34.1 Å². The van der Waals surface area contributed by atoms with E-state index in [1.54, 1.807) is 0 Å². The highest BCUT2D eigenvalue weighted by molar-refractivity contribution is 7.00. The second kappa shape index (κ2) is 2.56. The summed E-state index contributed by atoms with van der Waals surface area (Å²) in [6, 6.07) is 0. The summed E-state index contributed by atoms with van der Waals surface area (Å²) in [7, 11) is 0. The SMILES string of the molecule is Cc1c(C)c(N)c2nsnc2c1N. The zero-order valence-corrected chi connectivity index (χ0v) is 8.27.